The Bertz CT molecular complexity index is 1580. The molecule has 0 unspecified atom stereocenters. The van der Waals surface area contributed by atoms with E-state index in [1.54, 1.807) is 30.1 Å². The van der Waals surface area contributed by atoms with Gasteiger partial charge in [-0.25, -0.2) is 5.01 Å². The molecule has 3 aliphatic heterocycles. The molecule has 3 heterocycles. The van der Waals surface area contributed by atoms with Crippen molar-refractivity contribution in [2.75, 3.05) is 16.5 Å². The van der Waals surface area contributed by atoms with Crippen molar-refractivity contribution in [3.05, 3.63) is 94.5 Å². The van der Waals surface area contributed by atoms with Crippen molar-refractivity contribution in [2.24, 2.45) is 11.0 Å². The molecule has 10 heteroatoms. The molecule has 0 bridgehead atoms. The molecule has 0 aliphatic carbocycles. The number of nitrogens with zero attached hydrogens (tertiary/aromatic N) is 3. The molecule has 0 radical (unpaired) electrons. The van der Waals surface area contributed by atoms with Crippen molar-refractivity contribution < 1.29 is 23.5 Å². The number of halogens is 2. The zero-order valence-electron chi connectivity index (χ0n) is 24.5. The minimum Gasteiger partial charge on any atom is -0.396 e. The summed E-state index contributed by atoms with van der Waals surface area (Å²) in [6.45, 7) is 5.26. The van der Waals surface area contributed by atoms with Crippen molar-refractivity contribution in [3.63, 3.8) is 0 Å². The average molecular weight is 620 g/mol. The summed E-state index contributed by atoms with van der Waals surface area (Å²) in [5, 5.41) is 16.3. The van der Waals surface area contributed by atoms with Crippen LogP contribution in [-0.2, 0) is 26.5 Å². The highest BCUT2D eigenvalue weighted by molar-refractivity contribution is 6.72. The molecular formula is C33H35ClFN3O4Si. The van der Waals surface area contributed by atoms with Crippen LogP contribution < -0.4 is 9.91 Å². The number of rotatable bonds is 7. The van der Waals surface area contributed by atoms with Crippen molar-refractivity contribution in [2.45, 2.75) is 63.1 Å². The molecule has 224 valence electrons. The van der Waals surface area contributed by atoms with Crippen LogP contribution in [0.25, 0.3) is 0 Å². The second-order valence-corrected chi connectivity index (χ2v) is 16.4. The first-order chi connectivity index (χ1) is 20.5. The lowest BCUT2D eigenvalue weighted by Gasteiger charge is -2.31. The standard InChI is InChI=1S/C33H35ClFN3O4Si/c1-21-31(43(2,3)35)29(17-18-39)42-33(21)26-19-24(34)11-15-28(26)37(32(33)41)20-22-9-12-25(13-10-22)38-30(40)16-14-27(36-38)23-7-5-4-6-8-23/h4-13,15,19,21,29,31,39H,14,16-18,20H2,1-3H3/t21-,29+,31-,33+/m1/s1. The molecule has 1 fully saturated rings. The van der Waals surface area contributed by atoms with Crippen molar-refractivity contribution >= 4 is 48.9 Å². The van der Waals surface area contributed by atoms with E-state index in [9.17, 15) is 14.7 Å². The van der Waals surface area contributed by atoms with E-state index in [2.05, 4.69) is 5.10 Å². The number of aliphatic hydroxyl groups excluding tert-OH is 1. The normalized spacial score (nSPS) is 25.4. The van der Waals surface area contributed by atoms with E-state index < -0.39 is 31.6 Å². The number of fused-ring (bicyclic) bond motifs is 2. The van der Waals surface area contributed by atoms with Gasteiger partial charge in [0.2, 0.25) is 14.3 Å². The summed E-state index contributed by atoms with van der Waals surface area (Å²) in [4.78, 5) is 28.9. The fourth-order valence-electron chi connectivity index (χ4n) is 7.09. The van der Waals surface area contributed by atoms with Crippen LogP contribution in [0.1, 0.15) is 42.9 Å². The van der Waals surface area contributed by atoms with Crippen molar-refractivity contribution in [3.8, 4) is 0 Å². The highest BCUT2D eigenvalue weighted by Crippen LogP contribution is 2.60. The van der Waals surface area contributed by atoms with Gasteiger partial charge in [0.15, 0.2) is 5.60 Å². The number of aliphatic hydroxyl groups is 1. The molecule has 2 amide bonds. The lowest BCUT2D eigenvalue weighted by Crippen LogP contribution is -2.45. The van der Waals surface area contributed by atoms with E-state index in [0.717, 1.165) is 16.8 Å². The van der Waals surface area contributed by atoms with Crippen LogP contribution in [0.2, 0.25) is 23.7 Å². The Labute approximate surface area is 257 Å². The minimum absolute atomic E-state index is 0.0754. The first kappa shape index (κ1) is 29.7. The van der Waals surface area contributed by atoms with E-state index in [1.165, 1.54) is 5.01 Å². The van der Waals surface area contributed by atoms with Crippen LogP contribution in [0.3, 0.4) is 0 Å². The number of hydrogen-bond acceptors (Lipinski definition) is 5. The molecule has 3 aliphatic rings. The second kappa shape index (κ2) is 11.3. The lowest BCUT2D eigenvalue weighted by atomic mass is 9.82. The summed E-state index contributed by atoms with van der Waals surface area (Å²) in [5.41, 5.74) is 2.80. The monoisotopic (exact) mass is 619 g/mol. The Morgan fingerprint density at radius 1 is 1.07 bits per heavy atom. The first-order valence-corrected chi connectivity index (χ1v) is 18.0. The quantitative estimate of drug-likeness (QED) is 0.239. The van der Waals surface area contributed by atoms with Crippen LogP contribution in [0.15, 0.2) is 77.9 Å². The Kier molecular flexibility index (Phi) is 7.79. The number of carbonyl (C=O) groups is 2. The van der Waals surface area contributed by atoms with Gasteiger partial charge in [-0.1, -0.05) is 61.0 Å². The number of ether oxygens (including phenoxy) is 1. The van der Waals surface area contributed by atoms with Gasteiger partial charge in [0.1, 0.15) is 0 Å². The number of anilines is 2. The molecule has 3 aromatic rings. The van der Waals surface area contributed by atoms with Gasteiger partial charge in [-0.05, 0) is 61.0 Å². The SMILES string of the molecule is C[C@@H]1[C@@H]([Si](C)(C)F)[C@H](CCO)O[C@@]12C(=O)N(Cc1ccc(N3N=C(c4ccccc4)CCC3=O)cc1)c1ccc(Cl)cc12. The van der Waals surface area contributed by atoms with Gasteiger partial charge in [-0.3, -0.25) is 9.59 Å². The van der Waals surface area contributed by atoms with E-state index >= 15 is 4.11 Å². The predicted octanol–water partition coefficient (Wildman–Crippen LogP) is 6.58. The van der Waals surface area contributed by atoms with Gasteiger partial charge in [0, 0.05) is 41.5 Å². The zero-order chi connectivity index (χ0) is 30.5. The summed E-state index contributed by atoms with van der Waals surface area (Å²) in [5.74, 6) is -0.781. The molecule has 43 heavy (non-hydrogen) atoms. The summed E-state index contributed by atoms with van der Waals surface area (Å²) < 4.78 is 22.3. The fourth-order valence-corrected chi connectivity index (χ4v) is 9.81. The van der Waals surface area contributed by atoms with E-state index in [1.807, 2.05) is 67.6 Å². The number of amides is 2. The van der Waals surface area contributed by atoms with Gasteiger partial charge in [0.05, 0.1) is 29.7 Å². The van der Waals surface area contributed by atoms with Gasteiger partial charge in [-0.2, -0.15) is 5.10 Å². The van der Waals surface area contributed by atoms with Gasteiger partial charge in [0.25, 0.3) is 5.91 Å². The molecule has 1 N–H and O–H groups in total. The van der Waals surface area contributed by atoms with Crippen molar-refractivity contribution in [1.29, 1.82) is 0 Å². The Morgan fingerprint density at radius 3 is 2.47 bits per heavy atom. The zero-order valence-corrected chi connectivity index (χ0v) is 26.2. The van der Waals surface area contributed by atoms with Gasteiger partial charge >= 0.3 is 0 Å². The number of hydrazone groups is 1. The van der Waals surface area contributed by atoms with E-state index in [4.69, 9.17) is 16.3 Å². The molecule has 3 aromatic carbocycles. The molecule has 7 nitrogen and oxygen atoms in total. The number of hydrogen-bond donors (Lipinski definition) is 1. The second-order valence-electron chi connectivity index (χ2n) is 12.1. The lowest BCUT2D eigenvalue weighted by molar-refractivity contribution is -0.146. The Balaban J connectivity index is 1.30. The molecule has 1 saturated heterocycles. The number of carbonyl (C=O) groups excluding carboxylic acids is 2. The molecule has 0 saturated carbocycles. The first-order valence-electron chi connectivity index (χ1n) is 14.7. The van der Waals surface area contributed by atoms with Crippen LogP contribution in [0.5, 0.6) is 0 Å². The Hall–Kier alpha value is -3.37. The summed E-state index contributed by atoms with van der Waals surface area (Å²) in [6, 6.07) is 22.6. The smallest absolute Gasteiger partial charge is 0.264 e. The summed E-state index contributed by atoms with van der Waals surface area (Å²) in [6.07, 6.45) is 0.632. The molecule has 0 aromatic heterocycles. The molecule has 1 spiro atoms. The molecular weight excluding hydrogens is 585 g/mol. The Morgan fingerprint density at radius 2 is 1.79 bits per heavy atom. The highest BCUT2D eigenvalue weighted by Gasteiger charge is 2.66. The van der Waals surface area contributed by atoms with E-state index in [0.29, 0.717) is 34.8 Å². The number of benzene rings is 3. The maximum Gasteiger partial charge on any atom is 0.264 e. The fraction of sp³-hybridized carbons (Fsp3) is 0.364. The largest absolute Gasteiger partial charge is 0.396 e. The van der Waals surface area contributed by atoms with E-state index in [-0.39, 0.29) is 31.4 Å². The van der Waals surface area contributed by atoms with Crippen LogP contribution in [0.4, 0.5) is 15.5 Å². The molecule has 4 atom stereocenters. The molecule has 6 rings (SSSR count). The minimum atomic E-state index is -3.28. The third-order valence-electron chi connectivity index (χ3n) is 9.00. The third-order valence-corrected chi connectivity index (χ3v) is 11.7. The topological polar surface area (TPSA) is 82.4 Å². The average Bonchev–Trinajstić information content (AvgIpc) is 3.41. The predicted molar refractivity (Wildman–Crippen MR) is 169 cm³/mol. The maximum atomic E-state index is 15.7. The van der Waals surface area contributed by atoms with Crippen LogP contribution in [-0.4, -0.2) is 43.8 Å². The third kappa shape index (κ3) is 5.12. The summed E-state index contributed by atoms with van der Waals surface area (Å²) in [7, 11) is -3.28. The van der Waals surface area contributed by atoms with Crippen LogP contribution >= 0.6 is 11.6 Å². The van der Waals surface area contributed by atoms with Gasteiger partial charge in [-0.15, -0.1) is 0 Å². The van der Waals surface area contributed by atoms with Crippen LogP contribution in [0, 0.1) is 5.92 Å². The maximum absolute atomic E-state index is 15.7. The highest BCUT2D eigenvalue weighted by atomic mass is 35.5. The van der Waals surface area contributed by atoms with Gasteiger partial charge < -0.3 is 18.9 Å². The summed E-state index contributed by atoms with van der Waals surface area (Å²) >= 11 is 6.43. The van der Waals surface area contributed by atoms with Crippen molar-refractivity contribution in [1.82, 2.24) is 0 Å².